The number of ether oxygens (including phenoxy) is 2. The maximum absolute atomic E-state index is 13.8. The Morgan fingerprint density at radius 1 is 1.26 bits per heavy atom. The second-order valence-electron chi connectivity index (χ2n) is 8.29. The number of carbonyl (C=O) groups excluding carboxylic acids is 2. The molecule has 1 aliphatic rings. The number of nitrogens with one attached hydrogen (secondary N) is 1. The SMILES string of the molecule is COc1cc(N)c(Cl)cc1C(=O)NCC1CCN(C(CCOC(N)=O)c2cccc(F)c2)CC1. The van der Waals surface area contributed by atoms with Gasteiger partial charge in [-0.05, 0) is 55.6 Å². The van der Waals surface area contributed by atoms with Crippen molar-refractivity contribution in [1.82, 2.24) is 10.2 Å². The van der Waals surface area contributed by atoms with Crippen LogP contribution in [-0.4, -0.2) is 50.3 Å². The van der Waals surface area contributed by atoms with E-state index in [1.807, 2.05) is 6.07 Å². The highest BCUT2D eigenvalue weighted by atomic mass is 35.5. The monoisotopic (exact) mass is 492 g/mol. The van der Waals surface area contributed by atoms with Crippen molar-refractivity contribution in [3.8, 4) is 5.75 Å². The molecule has 2 aromatic rings. The Kier molecular flexibility index (Phi) is 8.95. The van der Waals surface area contributed by atoms with Crippen LogP contribution in [0.15, 0.2) is 36.4 Å². The van der Waals surface area contributed by atoms with Crippen LogP contribution in [0.1, 0.15) is 41.2 Å². The van der Waals surface area contributed by atoms with E-state index in [0.717, 1.165) is 31.5 Å². The van der Waals surface area contributed by atoms with Crippen molar-refractivity contribution in [3.63, 3.8) is 0 Å². The number of piperidine rings is 1. The molecule has 1 atom stereocenters. The summed E-state index contributed by atoms with van der Waals surface area (Å²) in [5.41, 5.74) is 12.4. The van der Waals surface area contributed by atoms with Crippen LogP contribution in [0.4, 0.5) is 14.9 Å². The highest BCUT2D eigenvalue weighted by Crippen LogP contribution is 2.31. The lowest BCUT2D eigenvalue weighted by atomic mass is 9.93. The molecule has 184 valence electrons. The van der Waals surface area contributed by atoms with Crippen LogP contribution in [0.3, 0.4) is 0 Å². The number of amides is 2. The Morgan fingerprint density at radius 2 is 2.00 bits per heavy atom. The van der Waals surface area contributed by atoms with E-state index in [1.165, 1.54) is 31.4 Å². The van der Waals surface area contributed by atoms with E-state index < -0.39 is 6.09 Å². The van der Waals surface area contributed by atoms with Gasteiger partial charge in [0, 0.05) is 25.1 Å². The van der Waals surface area contributed by atoms with Crippen LogP contribution in [-0.2, 0) is 4.74 Å². The van der Waals surface area contributed by atoms with E-state index in [2.05, 4.69) is 10.2 Å². The minimum atomic E-state index is -0.827. The molecule has 3 rings (SSSR count). The zero-order chi connectivity index (χ0) is 24.7. The number of hydrogen-bond acceptors (Lipinski definition) is 6. The fourth-order valence-corrected chi connectivity index (χ4v) is 4.43. The molecule has 2 amide bonds. The Hall–Kier alpha value is -3.04. The summed E-state index contributed by atoms with van der Waals surface area (Å²) in [6.45, 7) is 2.18. The van der Waals surface area contributed by atoms with Crippen molar-refractivity contribution < 1.29 is 23.5 Å². The lowest BCUT2D eigenvalue weighted by Crippen LogP contribution is -2.40. The van der Waals surface area contributed by atoms with Gasteiger partial charge >= 0.3 is 6.09 Å². The quantitative estimate of drug-likeness (QED) is 0.459. The van der Waals surface area contributed by atoms with E-state index >= 15 is 0 Å². The van der Waals surface area contributed by atoms with Gasteiger partial charge in [0.25, 0.3) is 5.91 Å². The first kappa shape index (κ1) is 25.6. The van der Waals surface area contributed by atoms with Gasteiger partial charge in [-0.1, -0.05) is 23.7 Å². The Labute approximate surface area is 203 Å². The zero-order valence-electron chi connectivity index (χ0n) is 19.1. The van der Waals surface area contributed by atoms with Gasteiger partial charge in [-0.25, -0.2) is 9.18 Å². The molecule has 0 bridgehead atoms. The van der Waals surface area contributed by atoms with Crippen LogP contribution in [0, 0.1) is 11.7 Å². The summed E-state index contributed by atoms with van der Waals surface area (Å²) in [6.07, 6.45) is 1.38. The van der Waals surface area contributed by atoms with Gasteiger partial charge < -0.3 is 26.3 Å². The molecule has 1 heterocycles. The average Bonchev–Trinajstić information content (AvgIpc) is 2.82. The second-order valence-corrected chi connectivity index (χ2v) is 8.70. The zero-order valence-corrected chi connectivity index (χ0v) is 19.8. The molecule has 0 aliphatic carbocycles. The summed E-state index contributed by atoms with van der Waals surface area (Å²) in [5.74, 6) is 0.0624. The van der Waals surface area contributed by atoms with Crippen molar-refractivity contribution in [1.29, 1.82) is 0 Å². The van der Waals surface area contributed by atoms with Gasteiger partial charge in [-0.15, -0.1) is 0 Å². The van der Waals surface area contributed by atoms with Gasteiger partial charge in [0.1, 0.15) is 11.6 Å². The number of nitrogens with zero attached hydrogens (tertiary/aromatic N) is 1. The fraction of sp³-hybridized carbons (Fsp3) is 0.417. The molecule has 0 aromatic heterocycles. The number of hydrogen-bond donors (Lipinski definition) is 3. The molecule has 8 nitrogen and oxygen atoms in total. The average molecular weight is 493 g/mol. The van der Waals surface area contributed by atoms with E-state index in [4.69, 9.17) is 32.5 Å². The summed E-state index contributed by atoms with van der Waals surface area (Å²) in [5, 5.41) is 3.26. The molecule has 34 heavy (non-hydrogen) atoms. The van der Waals surface area contributed by atoms with Crippen LogP contribution in [0.2, 0.25) is 5.02 Å². The van der Waals surface area contributed by atoms with Gasteiger partial charge in [-0.2, -0.15) is 0 Å². The number of likely N-dealkylation sites (tertiary alicyclic amines) is 1. The molecular formula is C24H30ClFN4O4. The van der Waals surface area contributed by atoms with E-state index in [0.29, 0.717) is 35.0 Å². The minimum absolute atomic E-state index is 0.105. The number of rotatable bonds is 9. The predicted molar refractivity (Wildman–Crippen MR) is 128 cm³/mol. The van der Waals surface area contributed by atoms with Gasteiger partial charge in [-0.3, -0.25) is 9.69 Å². The van der Waals surface area contributed by atoms with Crippen LogP contribution in [0.25, 0.3) is 0 Å². The molecule has 1 aliphatic heterocycles. The highest BCUT2D eigenvalue weighted by Gasteiger charge is 2.27. The number of nitrogen functional groups attached to an aromatic ring is 1. The maximum atomic E-state index is 13.8. The molecule has 2 aromatic carbocycles. The molecule has 0 saturated carbocycles. The Morgan fingerprint density at radius 3 is 2.65 bits per heavy atom. The van der Waals surface area contributed by atoms with Crippen molar-refractivity contribution in [2.24, 2.45) is 11.7 Å². The molecule has 0 spiro atoms. The van der Waals surface area contributed by atoms with E-state index in [-0.39, 0.29) is 30.3 Å². The first-order chi connectivity index (χ1) is 16.3. The number of benzene rings is 2. The van der Waals surface area contributed by atoms with Crippen molar-refractivity contribution in [2.45, 2.75) is 25.3 Å². The third-order valence-corrected chi connectivity index (χ3v) is 6.40. The summed E-state index contributed by atoms with van der Waals surface area (Å²) in [7, 11) is 1.47. The van der Waals surface area contributed by atoms with Crippen LogP contribution in [0.5, 0.6) is 5.75 Å². The number of carbonyl (C=O) groups is 2. The van der Waals surface area contributed by atoms with Crippen molar-refractivity contribution in [3.05, 3.63) is 58.4 Å². The molecule has 10 heteroatoms. The topological polar surface area (TPSA) is 120 Å². The smallest absolute Gasteiger partial charge is 0.404 e. The van der Waals surface area contributed by atoms with E-state index in [1.54, 1.807) is 6.07 Å². The van der Waals surface area contributed by atoms with Crippen LogP contribution >= 0.6 is 11.6 Å². The summed E-state index contributed by atoms with van der Waals surface area (Å²) in [6, 6.07) is 9.38. The number of primary amides is 1. The largest absolute Gasteiger partial charge is 0.496 e. The number of halogens is 2. The Balaban J connectivity index is 1.58. The van der Waals surface area contributed by atoms with Crippen molar-refractivity contribution >= 4 is 29.3 Å². The third kappa shape index (κ3) is 6.74. The summed E-state index contributed by atoms with van der Waals surface area (Å²) in [4.78, 5) is 25.9. The second kappa shape index (κ2) is 11.9. The summed E-state index contributed by atoms with van der Waals surface area (Å²) < 4.78 is 24.0. The molecule has 1 saturated heterocycles. The normalized spacial score (nSPS) is 15.5. The standard InChI is InChI=1S/C24H30ClFN4O4/c1-33-22-13-20(27)19(25)12-18(22)23(31)29-14-15-5-8-30(9-6-15)21(7-10-34-24(28)32)16-3-2-4-17(26)11-16/h2-4,11-13,15,21H,5-10,14,27H2,1H3,(H2,28,32)(H,29,31). The number of methoxy groups -OCH3 is 1. The lowest BCUT2D eigenvalue weighted by Gasteiger charge is -2.38. The molecule has 1 fully saturated rings. The predicted octanol–water partition coefficient (Wildman–Crippen LogP) is 3.74. The molecule has 5 N–H and O–H groups in total. The third-order valence-electron chi connectivity index (χ3n) is 6.07. The lowest BCUT2D eigenvalue weighted by molar-refractivity contribution is 0.0884. The fourth-order valence-electron chi connectivity index (χ4n) is 4.26. The van der Waals surface area contributed by atoms with Gasteiger partial charge in [0.05, 0.1) is 30.0 Å². The van der Waals surface area contributed by atoms with Gasteiger partial charge in [0.15, 0.2) is 0 Å². The Bertz CT molecular complexity index is 1010. The number of anilines is 1. The first-order valence-corrected chi connectivity index (χ1v) is 11.5. The van der Waals surface area contributed by atoms with Crippen molar-refractivity contribution in [2.75, 3.05) is 39.1 Å². The molecule has 0 radical (unpaired) electrons. The van der Waals surface area contributed by atoms with Crippen LogP contribution < -0.4 is 21.5 Å². The highest BCUT2D eigenvalue weighted by molar-refractivity contribution is 6.33. The minimum Gasteiger partial charge on any atom is -0.496 e. The van der Waals surface area contributed by atoms with E-state index in [9.17, 15) is 14.0 Å². The molecular weight excluding hydrogens is 463 g/mol. The number of nitrogens with two attached hydrogens (primary N) is 2. The summed E-state index contributed by atoms with van der Waals surface area (Å²) >= 11 is 6.07. The first-order valence-electron chi connectivity index (χ1n) is 11.1. The van der Waals surface area contributed by atoms with Gasteiger partial charge in [0.2, 0.25) is 0 Å². The maximum Gasteiger partial charge on any atom is 0.404 e. The molecule has 1 unspecified atom stereocenters.